The van der Waals surface area contributed by atoms with Gasteiger partial charge >= 0.3 is 6.18 Å². The van der Waals surface area contributed by atoms with Crippen molar-refractivity contribution in [1.82, 2.24) is 4.98 Å². The largest absolute Gasteiger partial charge is 0.416 e. The van der Waals surface area contributed by atoms with Crippen LogP contribution in [0.15, 0.2) is 51.9 Å². The minimum absolute atomic E-state index is 0.0451. The first-order chi connectivity index (χ1) is 11.2. The number of nitrogens with zero attached hydrogens (tertiary/aromatic N) is 3. The van der Waals surface area contributed by atoms with Gasteiger partial charge in [-0.1, -0.05) is 13.0 Å². The van der Waals surface area contributed by atoms with Gasteiger partial charge in [-0.25, -0.2) is 4.98 Å². The lowest BCUT2D eigenvalue weighted by atomic mass is 10.1. The number of sulfonamides is 1. The molecule has 1 aromatic carbocycles. The van der Waals surface area contributed by atoms with Crippen LogP contribution in [0.1, 0.15) is 18.9 Å². The smallest absolute Gasteiger partial charge is 0.281 e. The number of hydrogen-bond acceptors (Lipinski definition) is 4. The van der Waals surface area contributed by atoms with Gasteiger partial charge in [0.1, 0.15) is 10.7 Å². The Morgan fingerprint density at radius 3 is 2.58 bits per heavy atom. The van der Waals surface area contributed by atoms with Crippen molar-refractivity contribution in [2.24, 2.45) is 4.40 Å². The Kier molecular flexibility index (Phi) is 3.83. The van der Waals surface area contributed by atoms with E-state index in [9.17, 15) is 21.6 Å². The fraction of sp³-hybridized carbons (Fsp3) is 0.200. The summed E-state index contributed by atoms with van der Waals surface area (Å²) in [7, 11) is -3.92. The van der Waals surface area contributed by atoms with Crippen LogP contribution in [0.3, 0.4) is 0 Å². The van der Waals surface area contributed by atoms with Crippen LogP contribution in [0, 0.1) is 0 Å². The maximum Gasteiger partial charge on any atom is 0.416 e. The monoisotopic (exact) mass is 355 g/mol. The summed E-state index contributed by atoms with van der Waals surface area (Å²) in [6.45, 7) is 1.67. The highest BCUT2D eigenvalue weighted by molar-refractivity contribution is 7.90. The first-order valence-corrected chi connectivity index (χ1v) is 8.44. The number of rotatable bonds is 2. The lowest BCUT2D eigenvalue weighted by Crippen LogP contribution is -2.32. The second kappa shape index (κ2) is 5.59. The Hall–Kier alpha value is -2.42. The predicted molar refractivity (Wildman–Crippen MR) is 82.7 cm³/mol. The molecule has 0 radical (unpaired) electrons. The Labute approximate surface area is 136 Å². The molecule has 0 bridgehead atoms. The van der Waals surface area contributed by atoms with Crippen LogP contribution < -0.4 is 4.90 Å². The summed E-state index contributed by atoms with van der Waals surface area (Å²) in [5.41, 5.74) is -0.679. The van der Waals surface area contributed by atoms with Gasteiger partial charge in [0.2, 0.25) is 0 Å². The molecule has 1 aromatic heterocycles. The minimum atomic E-state index is -4.51. The number of anilines is 2. The molecule has 0 saturated carbocycles. The first kappa shape index (κ1) is 16.4. The van der Waals surface area contributed by atoms with Crippen molar-refractivity contribution in [1.29, 1.82) is 0 Å². The van der Waals surface area contributed by atoms with Crippen LogP contribution in [-0.2, 0) is 16.2 Å². The van der Waals surface area contributed by atoms with E-state index < -0.39 is 21.8 Å². The molecule has 24 heavy (non-hydrogen) atoms. The topological polar surface area (TPSA) is 62.6 Å². The fourth-order valence-electron chi connectivity index (χ4n) is 2.42. The summed E-state index contributed by atoms with van der Waals surface area (Å²) in [6, 6.07) is 7.38. The molecule has 0 amide bonds. The second-order valence-electron chi connectivity index (χ2n) is 5.04. The highest BCUT2D eigenvalue weighted by atomic mass is 32.2. The normalized spacial score (nSPS) is 16.5. The lowest BCUT2D eigenvalue weighted by Gasteiger charge is -2.29. The van der Waals surface area contributed by atoms with Crippen molar-refractivity contribution >= 4 is 27.4 Å². The van der Waals surface area contributed by atoms with Crippen molar-refractivity contribution in [2.45, 2.75) is 24.4 Å². The van der Waals surface area contributed by atoms with E-state index in [-0.39, 0.29) is 28.7 Å². The van der Waals surface area contributed by atoms with Crippen molar-refractivity contribution in [3.8, 4) is 0 Å². The number of amidine groups is 1. The first-order valence-electron chi connectivity index (χ1n) is 7.00. The van der Waals surface area contributed by atoms with Crippen molar-refractivity contribution in [3.05, 3.63) is 48.2 Å². The van der Waals surface area contributed by atoms with Crippen molar-refractivity contribution in [3.63, 3.8) is 0 Å². The minimum Gasteiger partial charge on any atom is -0.281 e. The van der Waals surface area contributed by atoms with Crippen LogP contribution in [-0.4, -0.2) is 19.2 Å². The molecule has 3 rings (SSSR count). The van der Waals surface area contributed by atoms with E-state index in [1.165, 1.54) is 35.4 Å². The van der Waals surface area contributed by atoms with Gasteiger partial charge in [-0.3, -0.25) is 4.90 Å². The average molecular weight is 355 g/mol. The van der Waals surface area contributed by atoms with E-state index in [4.69, 9.17) is 0 Å². The summed E-state index contributed by atoms with van der Waals surface area (Å²) >= 11 is 0. The Balaban J connectivity index is 2.23. The molecule has 126 valence electrons. The number of benzene rings is 1. The maximum atomic E-state index is 13.0. The third kappa shape index (κ3) is 2.75. The highest BCUT2D eigenvalue weighted by Gasteiger charge is 2.34. The number of alkyl halides is 3. The van der Waals surface area contributed by atoms with Crippen LogP contribution in [0.25, 0.3) is 0 Å². The van der Waals surface area contributed by atoms with Crippen molar-refractivity contribution in [2.75, 3.05) is 4.90 Å². The zero-order chi connectivity index (χ0) is 17.5. The van der Waals surface area contributed by atoms with Gasteiger partial charge in [0.15, 0.2) is 5.82 Å². The summed E-state index contributed by atoms with van der Waals surface area (Å²) in [5, 5.41) is 0. The molecule has 1 aliphatic heterocycles. The summed E-state index contributed by atoms with van der Waals surface area (Å²) in [4.78, 5) is 5.25. The number of fused-ring (bicyclic) bond motifs is 1. The SMILES string of the molecule is CCC1=NS(=O)(=O)c2cccnc2N1c1cccc(C(F)(F)F)c1. The van der Waals surface area contributed by atoms with Crippen LogP contribution in [0.4, 0.5) is 24.7 Å². The lowest BCUT2D eigenvalue weighted by molar-refractivity contribution is -0.137. The summed E-state index contributed by atoms with van der Waals surface area (Å²) in [6.07, 6.45) is -2.91. The molecule has 5 nitrogen and oxygen atoms in total. The zero-order valence-electron chi connectivity index (χ0n) is 12.4. The third-order valence-corrected chi connectivity index (χ3v) is 4.80. The standard InChI is InChI=1S/C15H12F3N3O2S/c1-2-13-20-24(22,23)12-7-4-8-19-14(12)21(13)11-6-3-5-10(9-11)15(16,17)18/h3-9H,2H2,1H3. The summed E-state index contributed by atoms with van der Waals surface area (Å²) < 4.78 is 67.1. The molecule has 0 fully saturated rings. The van der Waals surface area contributed by atoms with E-state index in [1.807, 2.05) is 0 Å². The van der Waals surface area contributed by atoms with E-state index in [0.717, 1.165) is 12.1 Å². The van der Waals surface area contributed by atoms with E-state index in [2.05, 4.69) is 9.38 Å². The van der Waals surface area contributed by atoms with Gasteiger partial charge in [0, 0.05) is 18.3 Å². The number of aromatic nitrogens is 1. The molecule has 0 unspecified atom stereocenters. The number of halogens is 3. The average Bonchev–Trinajstić information content (AvgIpc) is 2.53. The Morgan fingerprint density at radius 2 is 1.92 bits per heavy atom. The van der Waals surface area contributed by atoms with Gasteiger partial charge < -0.3 is 0 Å². The molecule has 0 aliphatic carbocycles. The van der Waals surface area contributed by atoms with E-state index >= 15 is 0 Å². The number of hydrogen-bond donors (Lipinski definition) is 0. The Bertz CT molecular complexity index is 924. The zero-order valence-corrected chi connectivity index (χ0v) is 13.3. The van der Waals surface area contributed by atoms with Gasteiger partial charge in [-0.2, -0.15) is 21.6 Å². The summed E-state index contributed by atoms with van der Waals surface area (Å²) in [5.74, 6) is 0.157. The van der Waals surface area contributed by atoms with E-state index in [1.54, 1.807) is 6.92 Å². The van der Waals surface area contributed by atoms with Crippen LogP contribution in [0.2, 0.25) is 0 Å². The third-order valence-electron chi connectivity index (χ3n) is 3.47. The van der Waals surface area contributed by atoms with Gasteiger partial charge in [0.05, 0.1) is 5.56 Å². The molecule has 0 atom stereocenters. The molecule has 2 heterocycles. The number of pyridine rings is 1. The Morgan fingerprint density at radius 1 is 1.17 bits per heavy atom. The highest BCUT2D eigenvalue weighted by Crippen LogP contribution is 2.38. The van der Waals surface area contributed by atoms with E-state index in [0.29, 0.717) is 0 Å². The molecular weight excluding hydrogens is 343 g/mol. The van der Waals surface area contributed by atoms with Crippen LogP contribution in [0.5, 0.6) is 0 Å². The molecule has 1 aliphatic rings. The fourth-order valence-corrected chi connectivity index (χ4v) is 3.63. The predicted octanol–water partition coefficient (Wildman–Crippen LogP) is 3.75. The van der Waals surface area contributed by atoms with Gasteiger partial charge in [-0.05, 0) is 30.3 Å². The second-order valence-corrected chi connectivity index (χ2v) is 6.62. The quantitative estimate of drug-likeness (QED) is 0.823. The molecule has 9 heteroatoms. The molecule has 0 N–H and O–H groups in total. The van der Waals surface area contributed by atoms with Crippen molar-refractivity contribution < 1.29 is 21.6 Å². The molecular formula is C15H12F3N3O2S. The maximum absolute atomic E-state index is 13.0. The molecule has 0 spiro atoms. The molecule has 0 saturated heterocycles. The van der Waals surface area contributed by atoms with Crippen LogP contribution >= 0.6 is 0 Å². The molecule has 2 aromatic rings. The van der Waals surface area contributed by atoms with Gasteiger partial charge in [-0.15, -0.1) is 4.40 Å². The van der Waals surface area contributed by atoms with Gasteiger partial charge in [0.25, 0.3) is 10.0 Å².